The first-order valence-electron chi connectivity index (χ1n) is 15.1. The fourth-order valence-electron chi connectivity index (χ4n) is 5.95. The molecule has 0 aliphatic rings. The van der Waals surface area contributed by atoms with Crippen molar-refractivity contribution in [3.05, 3.63) is 146 Å². The average Bonchev–Trinajstić information content (AvgIpc) is 3.74. The molecule has 0 atom stereocenters. The molecular formula is C40H24N4O2. The molecule has 0 bridgehead atoms. The van der Waals surface area contributed by atoms with E-state index < -0.39 is 0 Å². The number of aromatic nitrogens is 4. The third-order valence-electron chi connectivity index (χ3n) is 8.18. The van der Waals surface area contributed by atoms with Crippen molar-refractivity contribution < 1.29 is 8.83 Å². The number of rotatable bonds is 5. The second-order valence-electron chi connectivity index (χ2n) is 11.1. The van der Waals surface area contributed by atoms with E-state index in [0.29, 0.717) is 23.4 Å². The summed E-state index contributed by atoms with van der Waals surface area (Å²) in [6.07, 6.45) is 0. The zero-order valence-corrected chi connectivity index (χ0v) is 24.5. The summed E-state index contributed by atoms with van der Waals surface area (Å²) >= 11 is 0. The summed E-state index contributed by atoms with van der Waals surface area (Å²) in [6, 6.07) is 48.3. The van der Waals surface area contributed by atoms with Crippen LogP contribution in [0.1, 0.15) is 0 Å². The van der Waals surface area contributed by atoms with Crippen LogP contribution in [0.15, 0.2) is 154 Å². The second-order valence-corrected chi connectivity index (χ2v) is 11.1. The van der Waals surface area contributed by atoms with Gasteiger partial charge in [-0.25, -0.2) is 19.9 Å². The van der Waals surface area contributed by atoms with Crippen LogP contribution in [-0.4, -0.2) is 19.9 Å². The Morgan fingerprint density at radius 3 is 1.54 bits per heavy atom. The van der Waals surface area contributed by atoms with E-state index in [1.54, 1.807) is 0 Å². The van der Waals surface area contributed by atoms with Crippen LogP contribution in [0.4, 0.5) is 0 Å². The third kappa shape index (κ3) is 4.43. The highest BCUT2D eigenvalue weighted by atomic mass is 16.3. The quantitative estimate of drug-likeness (QED) is 0.198. The van der Waals surface area contributed by atoms with E-state index in [1.807, 2.05) is 109 Å². The van der Waals surface area contributed by atoms with E-state index in [0.717, 1.165) is 66.4 Å². The van der Waals surface area contributed by atoms with E-state index in [9.17, 15) is 0 Å². The number of benzene rings is 6. The Hall–Kier alpha value is -6.40. The summed E-state index contributed by atoms with van der Waals surface area (Å²) in [4.78, 5) is 19.6. The molecule has 9 rings (SSSR count). The first kappa shape index (κ1) is 26.0. The van der Waals surface area contributed by atoms with Crippen molar-refractivity contribution in [1.29, 1.82) is 0 Å². The first-order chi connectivity index (χ1) is 22.8. The molecule has 3 aromatic heterocycles. The number of hydrogen-bond donors (Lipinski definition) is 0. The van der Waals surface area contributed by atoms with Crippen molar-refractivity contribution >= 4 is 33.0 Å². The van der Waals surface area contributed by atoms with Crippen LogP contribution in [0.2, 0.25) is 0 Å². The lowest BCUT2D eigenvalue weighted by Crippen LogP contribution is -2.00. The lowest BCUT2D eigenvalue weighted by atomic mass is 10.0. The smallest absolute Gasteiger partial charge is 0.227 e. The highest BCUT2D eigenvalue weighted by Gasteiger charge is 2.20. The zero-order valence-electron chi connectivity index (χ0n) is 24.5. The van der Waals surface area contributed by atoms with Gasteiger partial charge in [-0.15, -0.1) is 0 Å². The highest BCUT2D eigenvalue weighted by Crippen LogP contribution is 2.40. The Kier molecular flexibility index (Phi) is 6.03. The average molecular weight is 593 g/mol. The first-order valence-corrected chi connectivity index (χ1v) is 15.1. The number of hydrogen-bond acceptors (Lipinski definition) is 6. The summed E-state index contributed by atoms with van der Waals surface area (Å²) in [7, 11) is 0. The second kappa shape index (κ2) is 10.6. The minimum absolute atomic E-state index is 0.552. The van der Waals surface area contributed by atoms with E-state index >= 15 is 0 Å². The molecule has 9 aromatic rings. The van der Waals surface area contributed by atoms with Gasteiger partial charge in [-0.3, -0.25) is 0 Å². The van der Waals surface area contributed by atoms with Gasteiger partial charge in [0.05, 0.1) is 5.56 Å². The van der Waals surface area contributed by atoms with Gasteiger partial charge in [0, 0.05) is 33.0 Å². The summed E-state index contributed by atoms with van der Waals surface area (Å²) < 4.78 is 12.8. The normalized spacial score (nSPS) is 11.5. The fourth-order valence-corrected chi connectivity index (χ4v) is 5.95. The molecule has 0 aliphatic heterocycles. The maximum absolute atomic E-state index is 6.76. The Bertz CT molecular complexity index is 2460. The molecule has 6 aromatic carbocycles. The molecule has 0 saturated heterocycles. The zero-order chi connectivity index (χ0) is 30.5. The molecule has 0 amide bonds. The molecule has 0 aliphatic carbocycles. The summed E-state index contributed by atoms with van der Waals surface area (Å²) in [5.41, 5.74) is 8.58. The predicted molar refractivity (Wildman–Crippen MR) is 182 cm³/mol. The molecule has 0 spiro atoms. The SMILES string of the molecule is c1ccc(-c2nc(-c3ccccc3)nc(-c3cccc4c3oc3c(-c5ccc6oc(-c7ccccc7)nc6c5)cccc34)n2)cc1. The Balaban J connectivity index is 1.21. The number of fused-ring (bicyclic) bond motifs is 4. The van der Waals surface area contributed by atoms with Crippen molar-refractivity contribution in [3.63, 3.8) is 0 Å². The van der Waals surface area contributed by atoms with Crippen molar-refractivity contribution in [2.24, 2.45) is 0 Å². The predicted octanol–water partition coefficient (Wildman–Crippen LogP) is 10.2. The van der Waals surface area contributed by atoms with Gasteiger partial charge in [0.1, 0.15) is 16.7 Å². The summed E-state index contributed by atoms with van der Waals surface area (Å²) in [5.74, 6) is 2.36. The van der Waals surface area contributed by atoms with Gasteiger partial charge in [0.25, 0.3) is 0 Å². The molecule has 6 nitrogen and oxygen atoms in total. The monoisotopic (exact) mass is 592 g/mol. The molecule has 0 saturated carbocycles. The van der Waals surface area contributed by atoms with Gasteiger partial charge in [-0.05, 0) is 35.9 Å². The molecule has 216 valence electrons. The molecule has 6 heteroatoms. The molecule has 0 fully saturated rings. The highest BCUT2D eigenvalue weighted by molar-refractivity contribution is 6.13. The molecule has 3 heterocycles. The Morgan fingerprint density at radius 2 is 0.913 bits per heavy atom. The van der Waals surface area contributed by atoms with E-state index in [1.165, 1.54) is 0 Å². The topological polar surface area (TPSA) is 77.8 Å². The minimum atomic E-state index is 0.552. The Labute approximate surface area is 263 Å². The van der Waals surface area contributed by atoms with Crippen molar-refractivity contribution in [2.75, 3.05) is 0 Å². The number of para-hydroxylation sites is 2. The number of furan rings is 1. The van der Waals surface area contributed by atoms with Crippen molar-refractivity contribution in [1.82, 2.24) is 19.9 Å². The molecule has 0 radical (unpaired) electrons. The maximum Gasteiger partial charge on any atom is 0.227 e. The minimum Gasteiger partial charge on any atom is -0.455 e. The fraction of sp³-hybridized carbons (Fsp3) is 0. The van der Waals surface area contributed by atoms with Gasteiger partial charge in [0.2, 0.25) is 5.89 Å². The van der Waals surface area contributed by atoms with Gasteiger partial charge < -0.3 is 8.83 Å². The van der Waals surface area contributed by atoms with Crippen LogP contribution in [-0.2, 0) is 0 Å². The molecule has 0 N–H and O–H groups in total. The van der Waals surface area contributed by atoms with Gasteiger partial charge in [0.15, 0.2) is 23.1 Å². The third-order valence-corrected chi connectivity index (χ3v) is 8.18. The lowest BCUT2D eigenvalue weighted by molar-refractivity contribution is 0.620. The van der Waals surface area contributed by atoms with E-state index in [2.05, 4.69) is 36.4 Å². The van der Waals surface area contributed by atoms with Crippen LogP contribution in [0, 0.1) is 0 Å². The van der Waals surface area contributed by atoms with Crippen LogP contribution >= 0.6 is 0 Å². The molecule has 0 unspecified atom stereocenters. The number of nitrogens with zero attached hydrogens (tertiary/aromatic N) is 4. The lowest BCUT2D eigenvalue weighted by Gasteiger charge is -2.08. The van der Waals surface area contributed by atoms with Crippen LogP contribution in [0.25, 0.3) is 89.8 Å². The van der Waals surface area contributed by atoms with E-state index in [-0.39, 0.29) is 0 Å². The van der Waals surface area contributed by atoms with Crippen molar-refractivity contribution in [3.8, 4) is 56.7 Å². The molecular weight excluding hydrogens is 568 g/mol. The largest absolute Gasteiger partial charge is 0.455 e. The van der Waals surface area contributed by atoms with Crippen LogP contribution in [0.5, 0.6) is 0 Å². The number of oxazole rings is 1. The van der Waals surface area contributed by atoms with Crippen LogP contribution in [0.3, 0.4) is 0 Å². The standard InChI is InChI=1S/C40H24N4O2/c1-4-12-25(13-5-1)37-42-38(26-14-6-2-7-15-26)44-39(43-37)32-21-11-20-31-30-19-10-18-29(35(30)46-36(31)32)28-22-23-34-33(24-28)41-40(45-34)27-16-8-3-9-17-27/h1-24H. The summed E-state index contributed by atoms with van der Waals surface area (Å²) in [6.45, 7) is 0. The van der Waals surface area contributed by atoms with Crippen molar-refractivity contribution in [2.45, 2.75) is 0 Å². The van der Waals surface area contributed by atoms with Crippen LogP contribution < -0.4 is 0 Å². The van der Waals surface area contributed by atoms with Gasteiger partial charge >= 0.3 is 0 Å². The van der Waals surface area contributed by atoms with Gasteiger partial charge in [-0.1, -0.05) is 115 Å². The van der Waals surface area contributed by atoms with E-state index in [4.69, 9.17) is 28.8 Å². The maximum atomic E-state index is 6.76. The Morgan fingerprint density at radius 1 is 0.370 bits per heavy atom. The summed E-state index contributed by atoms with van der Waals surface area (Å²) in [5, 5.41) is 2.01. The van der Waals surface area contributed by atoms with Gasteiger partial charge in [-0.2, -0.15) is 0 Å². The molecule has 46 heavy (non-hydrogen) atoms.